The van der Waals surface area contributed by atoms with Crippen LogP contribution in [0.2, 0.25) is 0 Å². The molecule has 1 fully saturated rings. The summed E-state index contributed by atoms with van der Waals surface area (Å²) in [5.41, 5.74) is 2.78. The van der Waals surface area contributed by atoms with Gasteiger partial charge >= 0.3 is 0 Å². The number of fused-ring (bicyclic) bond motifs is 2. The lowest BCUT2D eigenvalue weighted by molar-refractivity contribution is -0.117. The van der Waals surface area contributed by atoms with Gasteiger partial charge in [0.25, 0.3) is 0 Å². The second-order valence-corrected chi connectivity index (χ2v) is 7.33. The minimum absolute atomic E-state index is 0.0240. The predicted octanol–water partition coefficient (Wildman–Crippen LogP) is 3.11. The highest BCUT2D eigenvalue weighted by Crippen LogP contribution is 2.34. The van der Waals surface area contributed by atoms with Crippen LogP contribution < -0.4 is 14.8 Å². The smallest absolute Gasteiger partial charge is 0.238 e. The lowest BCUT2D eigenvalue weighted by atomic mass is 9.97. The number of hydrogen-bond acceptors (Lipinski definition) is 5. The molecule has 28 heavy (non-hydrogen) atoms. The third-order valence-corrected chi connectivity index (χ3v) is 5.32. The van der Waals surface area contributed by atoms with Gasteiger partial charge in [0.05, 0.1) is 17.6 Å². The van der Waals surface area contributed by atoms with Crippen LogP contribution in [-0.4, -0.2) is 47.2 Å². The number of benzene rings is 2. The number of para-hydroxylation sites is 2. The van der Waals surface area contributed by atoms with Crippen molar-refractivity contribution >= 4 is 22.6 Å². The summed E-state index contributed by atoms with van der Waals surface area (Å²) in [6.07, 6.45) is 2.14. The molecule has 1 saturated heterocycles. The standard InChI is InChI=1S/C21H22N4O3/c26-20(22-15-7-8-18-19(10-15)28-13-27-18)12-25-9-3-4-14(11-25)21-23-16-5-1-2-6-17(16)24-21/h1-2,5-8,10,14H,3-4,9,11-13H2,(H,22,26)(H,23,24). The summed E-state index contributed by atoms with van der Waals surface area (Å²) in [5.74, 6) is 2.69. The molecule has 1 unspecified atom stereocenters. The summed E-state index contributed by atoms with van der Waals surface area (Å²) >= 11 is 0. The summed E-state index contributed by atoms with van der Waals surface area (Å²) in [5, 5.41) is 2.96. The van der Waals surface area contributed by atoms with Gasteiger partial charge in [-0.25, -0.2) is 4.98 Å². The molecule has 144 valence electrons. The van der Waals surface area contributed by atoms with E-state index < -0.39 is 0 Å². The summed E-state index contributed by atoms with van der Waals surface area (Å²) in [7, 11) is 0. The van der Waals surface area contributed by atoms with Crippen molar-refractivity contribution in [1.29, 1.82) is 0 Å². The van der Waals surface area contributed by atoms with E-state index in [2.05, 4.69) is 15.2 Å². The van der Waals surface area contributed by atoms with E-state index in [0.717, 1.165) is 48.5 Å². The van der Waals surface area contributed by atoms with Crippen molar-refractivity contribution in [2.45, 2.75) is 18.8 Å². The number of likely N-dealkylation sites (tertiary alicyclic amines) is 1. The Bertz CT molecular complexity index is 983. The molecule has 0 saturated carbocycles. The van der Waals surface area contributed by atoms with Crippen LogP contribution in [0.15, 0.2) is 42.5 Å². The van der Waals surface area contributed by atoms with Crippen molar-refractivity contribution in [2.75, 3.05) is 31.7 Å². The topological polar surface area (TPSA) is 79.5 Å². The van der Waals surface area contributed by atoms with E-state index in [-0.39, 0.29) is 12.7 Å². The van der Waals surface area contributed by atoms with E-state index in [0.29, 0.717) is 24.0 Å². The molecule has 2 aliphatic rings. The highest BCUT2D eigenvalue weighted by Gasteiger charge is 2.25. The van der Waals surface area contributed by atoms with Gasteiger partial charge in [-0.1, -0.05) is 12.1 Å². The highest BCUT2D eigenvalue weighted by atomic mass is 16.7. The molecule has 3 heterocycles. The number of imidazole rings is 1. The van der Waals surface area contributed by atoms with Gasteiger partial charge in [0, 0.05) is 24.2 Å². The van der Waals surface area contributed by atoms with E-state index in [1.165, 1.54) is 0 Å². The monoisotopic (exact) mass is 378 g/mol. The maximum atomic E-state index is 12.5. The number of H-pyrrole nitrogens is 1. The lowest BCUT2D eigenvalue weighted by Gasteiger charge is -2.31. The first-order valence-electron chi connectivity index (χ1n) is 9.61. The van der Waals surface area contributed by atoms with Crippen LogP contribution in [0.4, 0.5) is 5.69 Å². The summed E-state index contributed by atoms with van der Waals surface area (Å²) in [6, 6.07) is 13.5. The van der Waals surface area contributed by atoms with Gasteiger partial charge in [0.2, 0.25) is 12.7 Å². The van der Waals surface area contributed by atoms with Crippen LogP contribution in [0, 0.1) is 0 Å². The number of ether oxygens (including phenoxy) is 2. The SMILES string of the molecule is O=C(CN1CCCC(c2nc3ccccc3[nH]2)C1)Nc1ccc2c(c1)OCO2. The Labute approximate surface area is 162 Å². The van der Waals surface area contributed by atoms with Crippen molar-refractivity contribution in [1.82, 2.24) is 14.9 Å². The molecule has 0 bridgehead atoms. The molecule has 1 amide bonds. The van der Waals surface area contributed by atoms with Crippen LogP contribution >= 0.6 is 0 Å². The van der Waals surface area contributed by atoms with E-state index in [9.17, 15) is 4.79 Å². The van der Waals surface area contributed by atoms with Crippen LogP contribution in [-0.2, 0) is 4.79 Å². The van der Waals surface area contributed by atoms with Gasteiger partial charge in [-0.15, -0.1) is 0 Å². The van der Waals surface area contributed by atoms with Crippen molar-refractivity contribution in [2.24, 2.45) is 0 Å². The van der Waals surface area contributed by atoms with Crippen molar-refractivity contribution in [3.8, 4) is 11.5 Å². The second kappa shape index (κ2) is 7.16. The average Bonchev–Trinajstić information content (AvgIpc) is 3.34. The highest BCUT2D eigenvalue weighted by molar-refractivity contribution is 5.92. The first-order valence-corrected chi connectivity index (χ1v) is 9.61. The Morgan fingerprint density at radius 2 is 2.11 bits per heavy atom. The maximum absolute atomic E-state index is 12.5. The molecular formula is C21H22N4O3. The van der Waals surface area contributed by atoms with Crippen molar-refractivity contribution in [3.63, 3.8) is 0 Å². The normalized spacial score (nSPS) is 19.1. The number of carbonyl (C=O) groups is 1. The average molecular weight is 378 g/mol. The molecular weight excluding hydrogens is 356 g/mol. The zero-order chi connectivity index (χ0) is 18.9. The molecule has 0 aliphatic carbocycles. The fraction of sp³-hybridized carbons (Fsp3) is 0.333. The number of rotatable bonds is 4. The Balaban J connectivity index is 1.22. The molecule has 2 aromatic carbocycles. The molecule has 1 atom stereocenters. The quantitative estimate of drug-likeness (QED) is 0.729. The number of aromatic nitrogens is 2. The molecule has 7 nitrogen and oxygen atoms in total. The second-order valence-electron chi connectivity index (χ2n) is 7.33. The molecule has 1 aromatic heterocycles. The maximum Gasteiger partial charge on any atom is 0.238 e. The largest absolute Gasteiger partial charge is 0.454 e. The predicted molar refractivity (Wildman–Crippen MR) is 106 cm³/mol. The lowest BCUT2D eigenvalue weighted by Crippen LogP contribution is -2.40. The molecule has 0 radical (unpaired) electrons. The summed E-state index contributed by atoms with van der Waals surface area (Å²) < 4.78 is 10.7. The molecule has 2 aliphatic heterocycles. The third-order valence-electron chi connectivity index (χ3n) is 5.32. The van der Waals surface area contributed by atoms with E-state index >= 15 is 0 Å². The van der Waals surface area contributed by atoms with E-state index in [1.54, 1.807) is 6.07 Å². The summed E-state index contributed by atoms with van der Waals surface area (Å²) in [6.45, 7) is 2.34. The number of piperidine rings is 1. The Kier molecular flexibility index (Phi) is 4.37. The zero-order valence-corrected chi connectivity index (χ0v) is 15.5. The molecule has 5 rings (SSSR count). The zero-order valence-electron chi connectivity index (χ0n) is 15.5. The van der Waals surface area contributed by atoms with Crippen molar-refractivity contribution in [3.05, 3.63) is 48.3 Å². The minimum atomic E-state index is -0.0240. The van der Waals surface area contributed by atoms with E-state index in [1.807, 2.05) is 36.4 Å². The number of carbonyl (C=O) groups excluding carboxylic acids is 1. The van der Waals surface area contributed by atoms with Crippen LogP contribution in [0.25, 0.3) is 11.0 Å². The number of nitrogens with one attached hydrogen (secondary N) is 2. The fourth-order valence-electron chi connectivity index (χ4n) is 3.97. The third kappa shape index (κ3) is 3.41. The van der Waals surface area contributed by atoms with Gasteiger partial charge in [-0.2, -0.15) is 0 Å². The van der Waals surface area contributed by atoms with Crippen LogP contribution in [0.5, 0.6) is 11.5 Å². The number of nitrogens with zero attached hydrogens (tertiary/aromatic N) is 2. The fourth-order valence-corrected chi connectivity index (χ4v) is 3.97. The molecule has 7 heteroatoms. The van der Waals surface area contributed by atoms with E-state index in [4.69, 9.17) is 14.5 Å². The number of amides is 1. The molecule has 3 aromatic rings. The Morgan fingerprint density at radius 3 is 3.04 bits per heavy atom. The first kappa shape index (κ1) is 17.1. The van der Waals surface area contributed by atoms with Gasteiger partial charge < -0.3 is 19.8 Å². The summed E-state index contributed by atoms with van der Waals surface area (Å²) in [4.78, 5) is 22.9. The van der Waals surface area contributed by atoms with Crippen LogP contribution in [0.1, 0.15) is 24.6 Å². The molecule has 2 N–H and O–H groups in total. The van der Waals surface area contributed by atoms with Crippen molar-refractivity contribution < 1.29 is 14.3 Å². The number of aromatic amines is 1. The van der Waals surface area contributed by atoms with Gasteiger partial charge in [0.1, 0.15) is 5.82 Å². The minimum Gasteiger partial charge on any atom is -0.454 e. The Morgan fingerprint density at radius 1 is 1.21 bits per heavy atom. The van der Waals surface area contributed by atoms with Crippen LogP contribution in [0.3, 0.4) is 0 Å². The van der Waals surface area contributed by atoms with Gasteiger partial charge in [-0.05, 0) is 43.7 Å². The van der Waals surface area contributed by atoms with Gasteiger partial charge in [0.15, 0.2) is 11.5 Å². The van der Waals surface area contributed by atoms with Gasteiger partial charge in [-0.3, -0.25) is 9.69 Å². The first-order chi connectivity index (χ1) is 13.7. The molecule has 0 spiro atoms. The Hall–Kier alpha value is -3.06. The number of anilines is 1. The number of hydrogen-bond donors (Lipinski definition) is 2.